The van der Waals surface area contributed by atoms with Gasteiger partial charge in [-0.15, -0.1) is 0 Å². The molecule has 4 nitrogen and oxygen atoms in total. The summed E-state index contributed by atoms with van der Waals surface area (Å²) in [7, 11) is 0. The molecular weight excluding hydrogens is 287 g/mol. The summed E-state index contributed by atoms with van der Waals surface area (Å²) < 4.78 is 49.4. The van der Waals surface area contributed by atoms with Crippen LogP contribution in [0, 0.1) is 17.5 Å². The van der Waals surface area contributed by atoms with Crippen LogP contribution in [0.25, 0.3) is 0 Å². The smallest absolute Gasteiger partial charge is 0.196 e. The summed E-state index contributed by atoms with van der Waals surface area (Å²) in [5, 5.41) is 12.1. The lowest BCUT2D eigenvalue weighted by atomic mass is 10.2. The Kier molecular flexibility index (Phi) is 7.49. The second-order valence-electron chi connectivity index (χ2n) is 4.75. The Labute approximate surface area is 121 Å². The molecule has 21 heavy (non-hydrogen) atoms. The number of rotatable bonds is 9. The van der Waals surface area contributed by atoms with Gasteiger partial charge >= 0.3 is 0 Å². The standard InChI is InChI=1S/C14H20F3NO3/c1-9(2)21-6-5-20-8-10(19)7-18-12-4-3-11(15)13(16)14(12)17/h3-4,9-10,18-19H,5-8H2,1-2H3. The molecule has 0 heterocycles. The molecule has 0 saturated carbocycles. The Bertz CT molecular complexity index is 444. The third-order valence-corrected chi connectivity index (χ3v) is 2.55. The van der Waals surface area contributed by atoms with Gasteiger partial charge in [0, 0.05) is 6.54 Å². The van der Waals surface area contributed by atoms with E-state index >= 15 is 0 Å². The first-order chi connectivity index (χ1) is 9.91. The van der Waals surface area contributed by atoms with Crippen molar-refractivity contribution in [3.05, 3.63) is 29.6 Å². The minimum atomic E-state index is -1.54. The Hall–Kier alpha value is -1.31. The zero-order valence-corrected chi connectivity index (χ0v) is 12.0. The second kappa shape index (κ2) is 8.86. The Morgan fingerprint density at radius 3 is 2.52 bits per heavy atom. The van der Waals surface area contributed by atoms with Crippen LogP contribution in [0.15, 0.2) is 12.1 Å². The fourth-order valence-electron chi connectivity index (χ4n) is 1.51. The van der Waals surface area contributed by atoms with Crippen LogP contribution in [0.4, 0.5) is 18.9 Å². The first-order valence-electron chi connectivity index (χ1n) is 6.66. The van der Waals surface area contributed by atoms with Crippen molar-refractivity contribution in [2.24, 2.45) is 0 Å². The van der Waals surface area contributed by atoms with Crippen LogP contribution in [0.2, 0.25) is 0 Å². The van der Waals surface area contributed by atoms with Crippen molar-refractivity contribution in [2.45, 2.75) is 26.1 Å². The zero-order chi connectivity index (χ0) is 15.8. The van der Waals surface area contributed by atoms with E-state index in [2.05, 4.69) is 5.32 Å². The van der Waals surface area contributed by atoms with Crippen molar-refractivity contribution in [2.75, 3.05) is 31.7 Å². The predicted molar refractivity (Wildman–Crippen MR) is 72.7 cm³/mol. The maximum Gasteiger partial charge on any atom is 0.196 e. The van der Waals surface area contributed by atoms with Gasteiger partial charge in [-0.1, -0.05) is 0 Å². The van der Waals surface area contributed by atoms with Crippen LogP contribution in [0.1, 0.15) is 13.8 Å². The zero-order valence-electron chi connectivity index (χ0n) is 12.0. The average Bonchev–Trinajstić information content (AvgIpc) is 2.43. The first-order valence-corrected chi connectivity index (χ1v) is 6.66. The van der Waals surface area contributed by atoms with Crippen molar-refractivity contribution in [1.82, 2.24) is 0 Å². The largest absolute Gasteiger partial charge is 0.389 e. The normalized spacial score (nSPS) is 12.7. The molecule has 0 spiro atoms. The summed E-state index contributed by atoms with van der Waals surface area (Å²) in [6.07, 6.45) is -0.798. The monoisotopic (exact) mass is 307 g/mol. The summed E-state index contributed by atoms with van der Waals surface area (Å²) >= 11 is 0. The number of hydrogen-bond donors (Lipinski definition) is 2. The van der Waals surface area contributed by atoms with Gasteiger partial charge in [-0.25, -0.2) is 13.2 Å². The van der Waals surface area contributed by atoms with E-state index in [9.17, 15) is 18.3 Å². The molecule has 1 aromatic carbocycles. The lowest BCUT2D eigenvalue weighted by Gasteiger charge is -2.14. The maximum absolute atomic E-state index is 13.3. The van der Waals surface area contributed by atoms with Gasteiger partial charge in [0.15, 0.2) is 17.5 Å². The van der Waals surface area contributed by atoms with E-state index in [1.165, 1.54) is 0 Å². The highest BCUT2D eigenvalue weighted by Crippen LogP contribution is 2.19. The molecule has 0 radical (unpaired) electrons. The van der Waals surface area contributed by atoms with Crippen molar-refractivity contribution < 1.29 is 27.8 Å². The Balaban J connectivity index is 2.27. The number of nitrogens with one attached hydrogen (secondary N) is 1. The third-order valence-electron chi connectivity index (χ3n) is 2.55. The Morgan fingerprint density at radius 2 is 1.86 bits per heavy atom. The highest BCUT2D eigenvalue weighted by atomic mass is 19.2. The summed E-state index contributed by atoms with van der Waals surface area (Å²) in [4.78, 5) is 0. The van der Waals surface area contributed by atoms with Crippen molar-refractivity contribution in [1.29, 1.82) is 0 Å². The highest BCUT2D eigenvalue weighted by molar-refractivity contribution is 5.45. The van der Waals surface area contributed by atoms with Gasteiger partial charge in [-0.05, 0) is 26.0 Å². The molecule has 2 N–H and O–H groups in total. The fraction of sp³-hybridized carbons (Fsp3) is 0.571. The van der Waals surface area contributed by atoms with Crippen LogP contribution < -0.4 is 5.32 Å². The molecule has 1 aromatic rings. The Morgan fingerprint density at radius 1 is 1.14 bits per heavy atom. The minimum Gasteiger partial charge on any atom is -0.389 e. The molecule has 1 rings (SSSR count). The summed E-state index contributed by atoms with van der Waals surface area (Å²) in [5.74, 6) is -4.11. The van der Waals surface area contributed by atoms with Gasteiger partial charge < -0.3 is 19.9 Å². The maximum atomic E-state index is 13.3. The molecule has 0 aliphatic carbocycles. The lowest BCUT2D eigenvalue weighted by molar-refractivity contribution is -0.00735. The van der Waals surface area contributed by atoms with Gasteiger partial charge in [0.25, 0.3) is 0 Å². The van der Waals surface area contributed by atoms with E-state index in [1.54, 1.807) is 0 Å². The molecule has 7 heteroatoms. The molecular formula is C14H20F3NO3. The van der Waals surface area contributed by atoms with Gasteiger partial charge in [-0.2, -0.15) is 0 Å². The summed E-state index contributed by atoms with van der Waals surface area (Å²) in [6, 6.07) is 1.88. The highest BCUT2D eigenvalue weighted by Gasteiger charge is 2.14. The molecule has 0 bridgehead atoms. The predicted octanol–water partition coefficient (Wildman–Crippen LogP) is 2.32. The molecule has 1 unspecified atom stereocenters. The van der Waals surface area contributed by atoms with Crippen molar-refractivity contribution >= 4 is 5.69 Å². The molecule has 0 aliphatic rings. The number of halogens is 3. The second-order valence-corrected chi connectivity index (χ2v) is 4.75. The number of hydrogen-bond acceptors (Lipinski definition) is 4. The molecule has 0 aromatic heterocycles. The molecule has 120 valence electrons. The van der Waals surface area contributed by atoms with E-state index in [1.807, 2.05) is 13.8 Å². The molecule has 0 saturated heterocycles. The van der Waals surface area contributed by atoms with E-state index in [0.29, 0.717) is 13.2 Å². The van der Waals surface area contributed by atoms with Gasteiger partial charge in [0.1, 0.15) is 0 Å². The number of benzene rings is 1. The van der Waals surface area contributed by atoms with Crippen LogP contribution in [0.3, 0.4) is 0 Å². The summed E-state index contributed by atoms with van der Waals surface area (Å²) in [6.45, 7) is 4.52. The number of aliphatic hydroxyl groups is 1. The van der Waals surface area contributed by atoms with E-state index in [4.69, 9.17) is 9.47 Å². The van der Waals surface area contributed by atoms with Gasteiger partial charge in [0.05, 0.1) is 37.7 Å². The average molecular weight is 307 g/mol. The number of anilines is 1. The van der Waals surface area contributed by atoms with E-state index < -0.39 is 23.6 Å². The molecule has 0 amide bonds. The van der Waals surface area contributed by atoms with Crippen LogP contribution in [0.5, 0.6) is 0 Å². The van der Waals surface area contributed by atoms with Crippen molar-refractivity contribution in [3.8, 4) is 0 Å². The number of aliphatic hydroxyl groups excluding tert-OH is 1. The number of ether oxygens (including phenoxy) is 2. The van der Waals surface area contributed by atoms with Crippen LogP contribution >= 0.6 is 0 Å². The van der Waals surface area contributed by atoms with Gasteiger partial charge in [0.2, 0.25) is 0 Å². The van der Waals surface area contributed by atoms with Crippen LogP contribution in [-0.2, 0) is 9.47 Å². The quantitative estimate of drug-likeness (QED) is 0.543. The first kappa shape index (κ1) is 17.7. The summed E-state index contributed by atoms with van der Waals surface area (Å²) in [5.41, 5.74) is -0.212. The van der Waals surface area contributed by atoms with Gasteiger partial charge in [-0.3, -0.25) is 0 Å². The van der Waals surface area contributed by atoms with Crippen molar-refractivity contribution in [3.63, 3.8) is 0 Å². The lowest BCUT2D eigenvalue weighted by Crippen LogP contribution is -2.26. The molecule has 0 aliphatic heterocycles. The molecule has 0 fully saturated rings. The molecule has 1 atom stereocenters. The van der Waals surface area contributed by atoms with Crippen LogP contribution in [-0.4, -0.2) is 43.7 Å². The third kappa shape index (κ3) is 6.33. The topological polar surface area (TPSA) is 50.7 Å². The minimum absolute atomic E-state index is 0.0275. The van der Waals surface area contributed by atoms with E-state index in [0.717, 1.165) is 12.1 Å². The van der Waals surface area contributed by atoms with E-state index in [-0.39, 0.29) is 24.9 Å². The SMILES string of the molecule is CC(C)OCCOCC(O)CNc1ccc(F)c(F)c1F. The fourth-order valence-corrected chi connectivity index (χ4v) is 1.51.